The van der Waals surface area contributed by atoms with E-state index < -0.39 is 6.04 Å². The van der Waals surface area contributed by atoms with Crippen LogP contribution in [0.25, 0.3) is 10.2 Å². The van der Waals surface area contributed by atoms with Gasteiger partial charge in [-0.3, -0.25) is 9.59 Å². The molecule has 0 aliphatic carbocycles. The molecule has 2 amide bonds. The molecule has 0 saturated carbocycles. The molecule has 0 bridgehead atoms. The summed E-state index contributed by atoms with van der Waals surface area (Å²) in [6, 6.07) is 7.71. The number of hydrogen-bond donors (Lipinski definition) is 1. The van der Waals surface area contributed by atoms with Crippen LogP contribution in [0.4, 0.5) is 0 Å². The lowest BCUT2D eigenvalue weighted by Crippen LogP contribution is -2.52. The standard InChI is InChI=1S/C19H25N3O2S/c1-12(2)17(20-13(3)23)19(24)22-10-6-7-14(11-22)18-21-15-8-4-5-9-16(15)25-18/h4-5,8-9,12,14,17H,6-7,10-11H2,1-3H3,(H,20,23)/t14-,17+/m1/s1. The van der Waals surface area contributed by atoms with Gasteiger partial charge in [0.25, 0.3) is 0 Å². The van der Waals surface area contributed by atoms with Gasteiger partial charge < -0.3 is 10.2 Å². The summed E-state index contributed by atoms with van der Waals surface area (Å²) in [5.74, 6) is 0.210. The van der Waals surface area contributed by atoms with E-state index in [0.717, 1.165) is 29.9 Å². The number of carbonyl (C=O) groups excluding carboxylic acids is 2. The van der Waals surface area contributed by atoms with Crippen molar-refractivity contribution in [1.29, 1.82) is 0 Å². The number of likely N-dealkylation sites (tertiary alicyclic amines) is 1. The SMILES string of the molecule is CC(=O)N[C@H](C(=O)N1CCC[C@@H](c2nc3ccccc3s2)C1)C(C)C. The number of nitrogens with zero attached hydrogens (tertiary/aromatic N) is 2. The average molecular weight is 359 g/mol. The zero-order chi connectivity index (χ0) is 18.0. The van der Waals surface area contributed by atoms with E-state index in [1.165, 1.54) is 11.6 Å². The van der Waals surface area contributed by atoms with Crippen molar-refractivity contribution in [3.63, 3.8) is 0 Å². The van der Waals surface area contributed by atoms with E-state index in [-0.39, 0.29) is 23.7 Å². The Balaban J connectivity index is 1.75. The Hall–Kier alpha value is -1.95. The molecule has 134 valence electrons. The summed E-state index contributed by atoms with van der Waals surface area (Å²) in [7, 11) is 0. The van der Waals surface area contributed by atoms with Crippen LogP contribution in [-0.2, 0) is 9.59 Å². The van der Waals surface area contributed by atoms with Gasteiger partial charge >= 0.3 is 0 Å². The number of nitrogens with one attached hydrogen (secondary N) is 1. The van der Waals surface area contributed by atoms with Gasteiger partial charge in [-0.2, -0.15) is 0 Å². The topological polar surface area (TPSA) is 62.3 Å². The summed E-state index contributed by atoms with van der Waals surface area (Å²) in [6.45, 7) is 6.83. The van der Waals surface area contributed by atoms with Gasteiger partial charge in [-0.05, 0) is 30.9 Å². The quantitative estimate of drug-likeness (QED) is 0.912. The van der Waals surface area contributed by atoms with Gasteiger partial charge in [-0.1, -0.05) is 26.0 Å². The Kier molecular flexibility index (Phi) is 5.37. The minimum absolute atomic E-state index is 0.0241. The Morgan fingerprint density at radius 1 is 1.32 bits per heavy atom. The minimum atomic E-state index is -0.452. The zero-order valence-corrected chi connectivity index (χ0v) is 15.8. The first kappa shape index (κ1) is 17.9. The summed E-state index contributed by atoms with van der Waals surface area (Å²) >= 11 is 1.72. The van der Waals surface area contributed by atoms with Gasteiger partial charge in [-0.15, -0.1) is 11.3 Å². The van der Waals surface area contributed by atoms with Gasteiger partial charge in [0, 0.05) is 25.9 Å². The predicted molar refractivity (Wildman–Crippen MR) is 101 cm³/mol. The van der Waals surface area contributed by atoms with Crippen LogP contribution in [0.5, 0.6) is 0 Å². The molecule has 6 heteroatoms. The molecular formula is C19H25N3O2S. The molecule has 1 aromatic heterocycles. The van der Waals surface area contributed by atoms with E-state index >= 15 is 0 Å². The van der Waals surface area contributed by atoms with E-state index in [9.17, 15) is 9.59 Å². The van der Waals surface area contributed by atoms with Crippen molar-refractivity contribution >= 4 is 33.4 Å². The maximum atomic E-state index is 12.9. The zero-order valence-electron chi connectivity index (χ0n) is 15.0. The molecule has 5 nitrogen and oxygen atoms in total. The molecule has 2 atom stereocenters. The highest BCUT2D eigenvalue weighted by atomic mass is 32.1. The van der Waals surface area contributed by atoms with Crippen molar-refractivity contribution in [3.8, 4) is 0 Å². The highest BCUT2D eigenvalue weighted by molar-refractivity contribution is 7.18. The van der Waals surface area contributed by atoms with Crippen molar-refractivity contribution in [2.75, 3.05) is 13.1 Å². The smallest absolute Gasteiger partial charge is 0.245 e. The summed E-state index contributed by atoms with van der Waals surface area (Å²) < 4.78 is 1.19. The molecule has 1 aliphatic rings. The molecule has 25 heavy (non-hydrogen) atoms. The van der Waals surface area contributed by atoms with Gasteiger partial charge in [0.05, 0.1) is 15.2 Å². The van der Waals surface area contributed by atoms with Crippen molar-refractivity contribution in [3.05, 3.63) is 29.3 Å². The number of fused-ring (bicyclic) bond motifs is 1. The maximum absolute atomic E-state index is 12.9. The van der Waals surface area contributed by atoms with E-state index in [1.54, 1.807) is 11.3 Å². The fraction of sp³-hybridized carbons (Fsp3) is 0.526. The number of thiazole rings is 1. The summed E-state index contributed by atoms with van der Waals surface area (Å²) in [5, 5.41) is 3.92. The Bertz CT molecular complexity index is 738. The van der Waals surface area contributed by atoms with Crippen molar-refractivity contribution in [1.82, 2.24) is 15.2 Å². The summed E-state index contributed by atoms with van der Waals surface area (Å²) in [4.78, 5) is 31.0. The summed E-state index contributed by atoms with van der Waals surface area (Å²) in [6.07, 6.45) is 2.02. The normalized spacial score (nSPS) is 19.2. The number of aromatic nitrogens is 1. The van der Waals surface area contributed by atoms with E-state index in [4.69, 9.17) is 4.98 Å². The second-order valence-corrected chi connectivity index (χ2v) is 8.13. The first-order chi connectivity index (χ1) is 12.0. The monoisotopic (exact) mass is 359 g/mol. The highest BCUT2D eigenvalue weighted by Crippen LogP contribution is 2.33. The lowest BCUT2D eigenvalue weighted by molar-refractivity contribution is -0.138. The lowest BCUT2D eigenvalue weighted by atomic mass is 9.96. The molecule has 0 unspecified atom stereocenters. The van der Waals surface area contributed by atoms with Crippen molar-refractivity contribution in [2.45, 2.75) is 45.6 Å². The molecular weight excluding hydrogens is 334 g/mol. The molecule has 1 N–H and O–H groups in total. The summed E-state index contributed by atoms with van der Waals surface area (Å²) in [5.41, 5.74) is 1.03. The molecule has 2 aromatic rings. The van der Waals surface area contributed by atoms with Gasteiger partial charge in [-0.25, -0.2) is 4.98 Å². The minimum Gasteiger partial charge on any atom is -0.344 e. The second kappa shape index (κ2) is 7.52. The first-order valence-corrected chi connectivity index (χ1v) is 9.68. The largest absolute Gasteiger partial charge is 0.344 e. The third-order valence-electron chi connectivity index (χ3n) is 4.68. The van der Waals surface area contributed by atoms with Gasteiger partial charge in [0.1, 0.15) is 6.04 Å². The number of para-hydroxylation sites is 1. The van der Waals surface area contributed by atoms with E-state index in [1.807, 2.05) is 36.9 Å². The van der Waals surface area contributed by atoms with Crippen LogP contribution in [0.15, 0.2) is 24.3 Å². The van der Waals surface area contributed by atoms with Crippen LogP contribution in [0.3, 0.4) is 0 Å². The average Bonchev–Trinajstić information content (AvgIpc) is 3.03. The number of carbonyl (C=O) groups is 2. The molecule has 0 spiro atoms. The van der Waals surface area contributed by atoms with Crippen LogP contribution in [0, 0.1) is 5.92 Å². The highest BCUT2D eigenvalue weighted by Gasteiger charge is 2.32. The Morgan fingerprint density at radius 3 is 2.76 bits per heavy atom. The van der Waals surface area contributed by atoms with E-state index in [0.29, 0.717) is 6.54 Å². The van der Waals surface area contributed by atoms with Gasteiger partial charge in [0.2, 0.25) is 11.8 Å². The molecule has 1 aliphatic heterocycles. The molecule has 1 aromatic carbocycles. The third kappa shape index (κ3) is 4.00. The van der Waals surface area contributed by atoms with Crippen molar-refractivity contribution < 1.29 is 9.59 Å². The fourth-order valence-corrected chi connectivity index (χ4v) is 4.47. The second-order valence-electron chi connectivity index (χ2n) is 7.07. The molecule has 1 fully saturated rings. The Morgan fingerprint density at radius 2 is 2.08 bits per heavy atom. The van der Waals surface area contributed by atoms with Crippen LogP contribution >= 0.6 is 11.3 Å². The van der Waals surface area contributed by atoms with Gasteiger partial charge in [0.15, 0.2) is 0 Å². The molecule has 0 radical (unpaired) electrons. The molecule has 2 heterocycles. The number of hydrogen-bond acceptors (Lipinski definition) is 4. The Labute approximate surface area is 152 Å². The van der Waals surface area contributed by atoms with Crippen LogP contribution < -0.4 is 5.32 Å². The molecule has 1 saturated heterocycles. The van der Waals surface area contributed by atoms with Crippen LogP contribution in [-0.4, -0.2) is 40.8 Å². The lowest BCUT2D eigenvalue weighted by Gasteiger charge is -2.35. The number of amides is 2. The molecule has 3 rings (SSSR count). The number of benzene rings is 1. The van der Waals surface area contributed by atoms with E-state index in [2.05, 4.69) is 11.4 Å². The predicted octanol–water partition coefficient (Wildman–Crippen LogP) is 3.16. The maximum Gasteiger partial charge on any atom is 0.245 e. The number of piperidine rings is 1. The fourth-order valence-electron chi connectivity index (χ4n) is 3.37. The number of rotatable bonds is 4. The first-order valence-electron chi connectivity index (χ1n) is 8.87. The third-order valence-corrected chi connectivity index (χ3v) is 5.88. The van der Waals surface area contributed by atoms with Crippen molar-refractivity contribution in [2.24, 2.45) is 5.92 Å². The van der Waals surface area contributed by atoms with Crippen LogP contribution in [0.2, 0.25) is 0 Å². The van der Waals surface area contributed by atoms with Crippen LogP contribution in [0.1, 0.15) is 44.5 Å².